The smallest absolute Gasteiger partial charge is 0.316 e. The first-order valence-corrected chi connectivity index (χ1v) is 12.4. The van der Waals surface area contributed by atoms with Crippen molar-refractivity contribution in [3.05, 3.63) is 48.5 Å². The number of anilines is 2. The summed E-state index contributed by atoms with van der Waals surface area (Å²) in [6.45, 7) is 7.11. The summed E-state index contributed by atoms with van der Waals surface area (Å²) in [5, 5.41) is 2.78. The summed E-state index contributed by atoms with van der Waals surface area (Å²) in [6.07, 6.45) is 0. The van der Waals surface area contributed by atoms with Gasteiger partial charge in [0.05, 0.1) is 16.0 Å². The number of piperazine rings is 1. The molecule has 1 saturated heterocycles. The Hall–Kier alpha value is -2.62. The van der Waals surface area contributed by atoms with Crippen LogP contribution in [0.2, 0.25) is 0 Å². The zero-order valence-electron chi connectivity index (χ0n) is 18.0. The number of hydrogen-bond acceptors (Lipinski definition) is 8. The average Bonchev–Trinajstić information content (AvgIpc) is 3.25. The standard InChI is InChI=1S/C23H26N4O3S2/c1-2-26-11-13-27(14-12-26)18-9-7-17(8-10-18)24-21(28)15-30-22(29)16-31-23-25-19-5-3-4-6-20(19)32-23/h3-10H,2,11-16H2,1H3,(H,24,28). The summed E-state index contributed by atoms with van der Waals surface area (Å²) >= 11 is 2.86. The number of benzene rings is 2. The predicted molar refractivity (Wildman–Crippen MR) is 131 cm³/mol. The summed E-state index contributed by atoms with van der Waals surface area (Å²) in [7, 11) is 0. The van der Waals surface area contributed by atoms with Gasteiger partial charge in [0.25, 0.3) is 5.91 Å². The normalized spacial score (nSPS) is 14.5. The molecule has 0 aliphatic carbocycles. The molecule has 1 aliphatic rings. The van der Waals surface area contributed by atoms with Crippen molar-refractivity contribution in [1.82, 2.24) is 9.88 Å². The molecule has 0 atom stereocenters. The highest BCUT2D eigenvalue weighted by atomic mass is 32.2. The highest BCUT2D eigenvalue weighted by Crippen LogP contribution is 2.29. The fourth-order valence-electron chi connectivity index (χ4n) is 3.50. The van der Waals surface area contributed by atoms with Crippen LogP contribution >= 0.6 is 23.1 Å². The van der Waals surface area contributed by atoms with Crippen LogP contribution < -0.4 is 10.2 Å². The molecule has 7 nitrogen and oxygen atoms in total. The van der Waals surface area contributed by atoms with Crippen molar-refractivity contribution in [2.75, 3.05) is 55.3 Å². The third-order valence-corrected chi connectivity index (χ3v) is 7.44. The van der Waals surface area contributed by atoms with E-state index in [1.165, 1.54) is 23.1 Å². The first kappa shape index (κ1) is 22.6. The van der Waals surface area contributed by atoms with E-state index in [4.69, 9.17) is 4.74 Å². The number of aromatic nitrogens is 1. The van der Waals surface area contributed by atoms with Crippen LogP contribution in [-0.2, 0) is 14.3 Å². The molecule has 0 spiro atoms. The second-order valence-electron chi connectivity index (χ2n) is 7.41. The van der Waals surface area contributed by atoms with E-state index in [9.17, 15) is 9.59 Å². The van der Waals surface area contributed by atoms with E-state index in [2.05, 4.69) is 27.0 Å². The average molecular weight is 471 g/mol. The number of rotatable bonds is 8. The van der Waals surface area contributed by atoms with Crippen LogP contribution in [0.3, 0.4) is 0 Å². The maximum absolute atomic E-state index is 12.1. The lowest BCUT2D eigenvalue weighted by atomic mass is 10.2. The summed E-state index contributed by atoms with van der Waals surface area (Å²) in [5.41, 5.74) is 2.75. The molecule has 32 heavy (non-hydrogen) atoms. The molecule has 1 N–H and O–H groups in total. The van der Waals surface area contributed by atoms with Crippen LogP contribution in [-0.4, -0.2) is 66.8 Å². The Morgan fingerprint density at radius 3 is 2.56 bits per heavy atom. The van der Waals surface area contributed by atoms with Gasteiger partial charge in [0.1, 0.15) is 0 Å². The minimum Gasteiger partial charge on any atom is -0.455 e. The quantitative estimate of drug-likeness (QED) is 0.397. The van der Waals surface area contributed by atoms with E-state index in [1.807, 2.05) is 48.5 Å². The van der Waals surface area contributed by atoms with Gasteiger partial charge in [-0.3, -0.25) is 9.59 Å². The summed E-state index contributed by atoms with van der Waals surface area (Å²) in [5.74, 6) is -0.675. The molecule has 0 radical (unpaired) electrons. The number of likely N-dealkylation sites (N-methyl/N-ethyl adjacent to an activating group) is 1. The second kappa shape index (κ2) is 10.8. The molecule has 4 rings (SSSR count). The van der Waals surface area contributed by atoms with E-state index in [1.54, 1.807) is 0 Å². The van der Waals surface area contributed by atoms with Gasteiger partial charge in [-0.15, -0.1) is 11.3 Å². The van der Waals surface area contributed by atoms with Crippen molar-refractivity contribution in [3.63, 3.8) is 0 Å². The Morgan fingerprint density at radius 1 is 1.09 bits per heavy atom. The second-order valence-corrected chi connectivity index (χ2v) is 9.67. The minimum absolute atomic E-state index is 0.118. The number of thiazole rings is 1. The van der Waals surface area contributed by atoms with Crippen molar-refractivity contribution in [1.29, 1.82) is 0 Å². The van der Waals surface area contributed by atoms with Crippen molar-refractivity contribution in [2.24, 2.45) is 0 Å². The van der Waals surface area contributed by atoms with Gasteiger partial charge < -0.3 is 19.9 Å². The molecule has 9 heteroatoms. The topological polar surface area (TPSA) is 74.8 Å². The molecule has 1 fully saturated rings. The molecule has 0 saturated carbocycles. The van der Waals surface area contributed by atoms with Gasteiger partial charge in [-0.05, 0) is 42.9 Å². The number of ether oxygens (including phenoxy) is 1. The number of fused-ring (bicyclic) bond motifs is 1. The van der Waals surface area contributed by atoms with E-state index >= 15 is 0 Å². The van der Waals surface area contributed by atoms with Gasteiger partial charge >= 0.3 is 5.97 Å². The number of nitrogens with one attached hydrogen (secondary N) is 1. The molecule has 1 aliphatic heterocycles. The van der Waals surface area contributed by atoms with E-state index in [-0.39, 0.29) is 18.3 Å². The third kappa shape index (κ3) is 5.99. The maximum atomic E-state index is 12.1. The molecule has 1 aromatic heterocycles. The fourth-order valence-corrected chi connectivity index (χ4v) is 5.36. The molecule has 0 unspecified atom stereocenters. The Kier molecular flexibility index (Phi) is 7.62. The van der Waals surface area contributed by atoms with Gasteiger partial charge in [0.15, 0.2) is 10.9 Å². The van der Waals surface area contributed by atoms with Crippen LogP contribution in [0.4, 0.5) is 11.4 Å². The molecule has 1 amide bonds. The molecule has 2 heterocycles. The van der Waals surface area contributed by atoms with Gasteiger partial charge in [0.2, 0.25) is 0 Å². The van der Waals surface area contributed by atoms with Gasteiger partial charge in [0, 0.05) is 37.6 Å². The Balaban J connectivity index is 1.18. The fraction of sp³-hybridized carbons (Fsp3) is 0.348. The first-order valence-electron chi connectivity index (χ1n) is 10.6. The van der Waals surface area contributed by atoms with Crippen molar-refractivity contribution < 1.29 is 14.3 Å². The summed E-state index contributed by atoms with van der Waals surface area (Å²) in [4.78, 5) is 33.4. The van der Waals surface area contributed by atoms with Crippen LogP contribution in [0.5, 0.6) is 0 Å². The SMILES string of the molecule is CCN1CCN(c2ccc(NC(=O)COC(=O)CSc3nc4ccccc4s3)cc2)CC1. The Bertz CT molecular complexity index is 1030. The number of amides is 1. The van der Waals surface area contributed by atoms with Crippen molar-refractivity contribution in [3.8, 4) is 0 Å². The highest BCUT2D eigenvalue weighted by molar-refractivity contribution is 8.01. The number of thioether (sulfide) groups is 1. The van der Waals surface area contributed by atoms with Gasteiger partial charge in [-0.2, -0.15) is 0 Å². The van der Waals surface area contributed by atoms with E-state index in [0.29, 0.717) is 5.69 Å². The number of para-hydroxylation sites is 1. The molecule has 2 aromatic carbocycles. The number of hydrogen-bond donors (Lipinski definition) is 1. The van der Waals surface area contributed by atoms with Crippen LogP contribution in [0.15, 0.2) is 52.9 Å². The number of esters is 1. The first-order chi connectivity index (χ1) is 15.6. The van der Waals surface area contributed by atoms with Crippen LogP contribution in [0.1, 0.15) is 6.92 Å². The van der Waals surface area contributed by atoms with E-state index < -0.39 is 5.97 Å². The lowest BCUT2D eigenvalue weighted by Gasteiger charge is -2.35. The summed E-state index contributed by atoms with van der Waals surface area (Å²) < 4.78 is 6.99. The van der Waals surface area contributed by atoms with Crippen molar-refractivity contribution >= 4 is 56.6 Å². The lowest BCUT2D eigenvalue weighted by molar-refractivity contribution is -0.144. The zero-order chi connectivity index (χ0) is 22.3. The maximum Gasteiger partial charge on any atom is 0.316 e. The van der Waals surface area contributed by atoms with Gasteiger partial charge in [-0.1, -0.05) is 30.8 Å². The number of nitrogens with zero attached hydrogens (tertiary/aromatic N) is 3. The molecular formula is C23H26N4O3S2. The minimum atomic E-state index is -0.439. The predicted octanol–water partition coefficient (Wildman–Crippen LogP) is 3.71. The molecular weight excluding hydrogens is 444 g/mol. The van der Waals surface area contributed by atoms with Gasteiger partial charge in [-0.25, -0.2) is 4.98 Å². The zero-order valence-corrected chi connectivity index (χ0v) is 19.6. The van der Waals surface area contributed by atoms with Crippen LogP contribution in [0.25, 0.3) is 10.2 Å². The number of carbonyl (C=O) groups excluding carboxylic acids is 2. The monoisotopic (exact) mass is 470 g/mol. The molecule has 0 bridgehead atoms. The summed E-state index contributed by atoms with van der Waals surface area (Å²) in [6, 6.07) is 15.6. The molecule has 168 valence electrons. The lowest BCUT2D eigenvalue weighted by Crippen LogP contribution is -2.46. The Labute approximate surface area is 195 Å². The Morgan fingerprint density at radius 2 is 1.84 bits per heavy atom. The largest absolute Gasteiger partial charge is 0.455 e. The number of carbonyl (C=O) groups is 2. The molecule has 3 aromatic rings. The van der Waals surface area contributed by atoms with E-state index in [0.717, 1.165) is 53.0 Å². The highest BCUT2D eigenvalue weighted by Gasteiger charge is 2.16. The van der Waals surface area contributed by atoms with Crippen molar-refractivity contribution in [2.45, 2.75) is 11.3 Å². The third-order valence-electron chi connectivity index (χ3n) is 5.29. The van der Waals surface area contributed by atoms with Crippen LogP contribution in [0, 0.1) is 0 Å².